The molecule has 1 N–H and O–H groups in total. The molecular formula is C12H14N2O2S2. The highest BCUT2D eigenvalue weighted by atomic mass is 32.2. The maximum atomic E-state index is 12.0. The van der Waals surface area contributed by atoms with E-state index in [9.17, 15) is 8.42 Å². The summed E-state index contributed by atoms with van der Waals surface area (Å²) < 4.78 is 26.5. The summed E-state index contributed by atoms with van der Waals surface area (Å²) in [6, 6.07) is 6.90. The Morgan fingerprint density at radius 3 is 2.39 bits per heavy atom. The second-order valence-electron chi connectivity index (χ2n) is 4.17. The first-order chi connectivity index (χ1) is 8.49. The summed E-state index contributed by atoms with van der Waals surface area (Å²) in [6.07, 6.45) is 1.56. The van der Waals surface area contributed by atoms with Crippen molar-refractivity contribution in [2.45, 2.75) is 24.7 Å². The molecule has 0 aliphatic heterocycles. The average molecular weight is 282 g/mol. The molecule has 0 aliphatic rings. The molecule has 0 saturated carbocycles. The van der Waals surface area contributed by atoms with E-state index in [0.29, 0.717) is 11.0 Å². The Labute approximate surface area is 111 Å². The Kier molecular flexibility index (Phi) is 3.68. The van der Waals surface area contributed by atoms with Gasteiger partial charge in [-0.1, -0.05) is 26.0 Å². The molecule has 18 heavy (non-hydrogen) atoms. The van der Waals surface area contributed by atoms with Crippen LogP contribution >= 0.6 is 11.3 Å². The Balaban J connectivity index is 2.25. The highest BCUT2D eigenvalue weighted by Crippen LogP contribution is 2.20. The van der Waals surface area contributed by atoms with Crippen LogP contribution in [0.25, 0.3) is 0 Å². The van der Waals surface area contributed by atoms with E-state index >= 15 is 0 Å². The Bertz CT molecular complexity index is 602. The molecule has 2 rings (SSSR count). The topological polar surface area (TPSA) is 59.1 Å². The maximum absolute atomic E-state index is 12.0. The number of nitrogens with one attached hydrogen (secondary N) is 1. The number of rotatable bonds is 4. The third-order valence-corrected chi connectivity index (χ3v) is 4.68. The molecule has 1 heterocycles. The maximum Gasteiger partial charge on any atom is 0.263 e. The molecule has 2 aromatic rings. The lowest BCUT2D eigenvalue weighted by Gasteiger charge is -2.08. The van der Waals surface area contributed by atoms with Crippen molar-refractivity contribution in [2.24, 2.45) is 0 Å². The fourth-order valence-electron chi connectivity index (χ4n) is 1.48. The van der Waals surface area contributed by atoms with Gasteiger partial charge in [-0.25, -0.2) is 13.4 Å². The summed E-state index contributed by atoms with van der Waals surface area (Å²) in [5, 5.41) is 2.10. The fourth-order valence-corrected chi connectivity index (χ4v) is 3.27. The standard InChI is InChI=1S/C12H14N2O2S2/c1-9(2)10-3-5-11(6-4-10)18(15,16)14-12-13-7-8-17-12/h3-9H,1-2H3,(H,13,14). The Morgan fingerprint density at radius 2 is 1.89 bits per heavy atom. The van der Waals surface area contributed by atoms with Crippen molar-refractivity contribution in [1.29, 1.82) is 0 Å². The van der Waals surface area contributed by atoms with Crippen molar-refractivity contribution in [3.8, 4) is 0 Å². The van der Waals surface area contributed by atoms with Crippen LogP contribution < -0.4 is 4.72 Å². The van der Waals surface area contributed by atoms with Crippen LogP contribution in [0.2, 0.25) is 0 Å². The minimum atomic E-state index is -3.53. The molecule has 1 aromatic carbocycles. The summed E-state index contributed by atoms with van der Waals surface area (Å²) in [7, 11) is -3.53. The van der Waals surface area contributed by atoms with E-state index in [1.54, 1.807) is 23.7 Å². The van der Waals surface area contributed by atoms with Crippen molar-refractivity contribution < 1.29 is 8.42 Å². The predicted octanol–water partition coefficient (Wildman–Crippen LogP) is 3.07. The molecule has 4 nitrogen and oxygen atoms in total. The van der Waals surface area contributed by atoms with E-state index in [1.165, 1.54) is 11.3 Å². The SMILES string of the molecule is CC(C)c1ccc(S(=O)(=O)Nc2nccs2)cc1. The molecule has 1 aromatic heterocycles. The lowest BCUT2D eigenvalue weighted by Crippen LogP contribution is -2.12. The van der Waals surface area contributed by atoms with Gasteiger partial charge in [0.1, 0.15) is 0 Å². The lowest BCUT2D eigenvalue weighted by atomic mass is 10.0. The van der Waals surface area contributed by atoms with Crippen molar-refractivity contribution in [2.75, 3.05) is 4.72 Å². The molecular weight excluding hydrogens is 268 g/mol. The lowest BCUT2D eigenvalue weighted by molar-refractivity contribution is 0.601. The molecule has 0 fully saturated rings. The van der Waals surface area contributed by atoms with Crippen LogP contribution in [0.4, 0.5) is 5.13 Å². The molecule has 0 spiro atoms. The van der Waals surface area contributed by atoms with Crippen molar-refractivity contribution in [1.82, 2.24) is 4.98 Å². The van der Waals surface area contributed by atoms with Crippen LogP contribution in [0.3, 0.4) is 0 Å². The molecule has 0 unspecified atom stereocenters. The van der Waals surface area contributed by atoms with Gasteiger partial charge in [0.15, 0.2) is 5.13 Å². The number of sulfonamides is 1. The van der Waals surface area contributed by atoms with Crippen LogP contribution in [-0.2, 0) is 10.0 Å². The number of hydrogen-bond donors (Lipinski definition) is 1. The second-order valence-corrected chi connectivity index (χ2v) is 6.74. The highest BCUT2D eigenvalue weighted by Gasteiger charge is 2.15. The summed E-state index contributed by atoms with van der Waals surface area (Å²) in [5.41, 5.74) is 1.11. The van der Waals surface area contributed by atoms with E-state index in [-0.39, 0.29) is 4.90 Å². The zero-order valence-electron chi connectivity index (χ0n) is 10.1. The van der Waals surface area contributed by atoms with Crippen LogP contribution in [0.15, 0.2) is 40.7 Å². The van der Waals surface area contributed by atoms with Gasteiger partial charge in [0.25, 0.3) is 10.0 Å². The van der Waals surface area contributed by atoms with Gasteiger partial charge in [0, 0.05) is 11.6 Å². The van der Waals surface area contributed by atoms with E-state index in [1.807, 2.05) is 12.1 Å². The van der Waals surface area contributed by atoms with Crippen molar-refractivity contribution in [3.05, 3.63) is 41.4 Å². The number of benzene rings is 1. The van der Waals surface area contributed by atoms with Gasteiger partial charge >= 0.3 is 0 Å². The van der Waals surface area contributed by atoms with E-state index in [2.05, 4.69) is 23.6 Å². The molecule has 0 amide bonds. The average Bonchev–Trinajstić information content (AvgIpc) is 2.81. The molecule has 0 atom stereocenters. The largest absolute Gasteiger partial charge is 0.263 e. The van der Waals surface area contributed by atoms with Crippen molar-refractivity contribution in [3.63, 3.8) is 0 Å². The summed E-state index contributed by atoms with van der Waals surface area (Å²) in [6.45, 7) is 4.13. The summed E-state index contributed by atoms with van der Waals surface area (Å²) in [5.74, 6) is 0.383. The van der Waals surface area contributed by atoms with Gasteiger partial charge < -0.3 is 0 Å². The Hall–Kier alpha value is -1.40. The van der Waals surface area contributed by atoms with Gasteiger partial charge in [-0.05, 0) is 23.6 Å². The third-order valence-electron chi connectivity index (χ3n) is 2.51. The highest BCUT2D eigenvalue weighted by molar-refractivity contribution is 7.93. The first kappa shape index (κ1) is 13.0. The smallest absolute Gasteiger partial charge is 0.255 e. The van der Waals surface area contributed by atoms with Crippen molar-refractivity contribution >= 4 is 26.5 Å². The monoisotopic (exact) mass is 282 g/mol. The van der Waals surface area contributed by atoms with Crippen LogP contribution in [0.5, 0.6) is 0 Å². The van der Waals surface area contributed by atoms with Gasteiger partial charge in [0.2, 0.25) is 0 Å². The second kappa shape index (κ2) is 5.07. The van der Waals surface area contributed by atoms with Gasteiger partial charge in [-0.2, -0.15) is 0 Å². The number of anilines is 1. The normalized spacial score (nSPS) is 11.7. The fraction of sp³-hybridized carbons (Fsp3) is 0.250. The predicted molar refractivity (Wildman–Crippen MR) is 73.5 cm³/mol. The van der Waals surface area contributed by atoms with E-state index in [4.69, 9.17) is 0 Å². The summed E-state index contributed by atoms with van der Waals surface area (Å²) in [4.78, 5) is 4.15. The van der Waals surface area contributed by atoms with Crippen LogP contribution in [0.1, 0.15) is 25.3 Å². The molecule has 0 radical (unpaired) electrons. The number of hydrogen-bond acceptors (Lipinski definition) is 4. The van der Waals surface area contributed by atoms with E-state index in [0.717, 1.165) is 5.56 Å². The molecule has 0 aliphatic carbocycles. The first-order valence-corrected chi connectivity index (χ1v) is 7.87. The molecule has 0 saturated heterocycles. The van der Waals surface area contributed by atoms with Crippen LogP contribution in [0, 0.1) is 0 Å². The minimum Gasteiger partial charge on any atom is -0.255 e. The van der Waals surface area contributed by atoms with E-state index < -0.39 is 10.0 Å². The molecule has 0 bridgehead atoms. The first-order valence-electron chi connectivity index (χ1n) is 5.51. The summed E-state index contributed by atoms with van der Waals surface area (Å²) >= 11 is 1.25. The Morgan fingerprint density at radius 1 is 1.22 bits per heavy atom. The van der Waals surface area contributed by atoms with Crippen LogP contribution in [-0.4, -0.2) is 13.4 Å². The zero-order chi connectivity index (χ0) is 13.2. The number of aromatic nitrogens is 1. The molecule has 6 heteroatoms. The minimum absolute atomic E-state index is 0.252. The third kappa shape index (κ3) is 2.88. The number of nitrogens with zero attached hydrogens (tertiary/aromatic N) is 1. The van der Waals surface area contributed by atoms with Gasteiger partial charge in [-0.3, -0.25) is 4.72 Å². The van der Waals surface area contributed by atoms with Gasteiger partial charge in [0.05, 0.1) is 4.90 Å². The zero-order valence-corrected chi connectivity index (χ0v) is 11.8. The molecule has 96 valence electrons. The quantitative estimate of drug-likeness (QED) is 0.937. The number of thiazole rings is 1. The van der Waals surface area contributed by atoms with Gasteiger partial charge in [-0.15, -0.1) is 11.3 Å².